The van der Waals surface area contributed by atoms with Crippen molar-refractivity contribution in [3.05, 3.63) is 12.2 Å². The number of aliphatic hydroxyl groups excluding tert-OH is 1. The van der Waals surface area contributed by atoms with Gasteiger partial charge in [0, 0.05) is 6.42 Å². The third kappa shape index (κ3) is 1.52. The molecule has 52 valence electrons. The lowest BCUT2D eigenvalue weighted by Gasteiger charge is -2.22. The van der Waals surface area contributed by atoms with Crippen LogP contribution in [0.15, 0.2) is 12.2 Å². The second-order valence-electron chi connectivity index (χ2n) is 2.58. The largest absolute Gasteiger partial charge is 0.390 e. The molecule has 1 aliphatic carbocycles. The minimum Gasteiger partial charge on any atom is -0.390 e. The topological polar surface area (TPSA) is 20.2 Å². The number of alkyl halides is 1. The van der Waals surface area contributed by atoms with Crippen molar-refractivity contribution in [1.82, 2.24) is 0 Å². The summed E-state index contributed by atoms with van der Waals surface area (Å²) in [6.07, 6.45) is -0.135. The van der Waals surface area contributed by atoms with Gasteiger partial charge in [0.25, 0.3) is 0 Å². The zero-order valence-corrected chi connectivity index (χ0v) is 5.31. The van der Waals surface area contributed by atoms with Crippen molar-refractivity contribution in [1.29, 1.82) is 0 Å². The Morgan fingerprint density at radius 3 is 2.78 bits per heavy atom. The molecule has 1 nitrogen and oxygen atoms in total. The third-order valence-corrected chi connectivity index (χ3v) is 1.69. The fourth-order valence-electron chi connectivity index (χ4n) is 1.05. The summed E-state index contributed by atoms with van der Waals surface area (Å²) in [5.74, 6) is 0. The number of rotatable bonds is 0. The highest BCUT2D eigenvalue weighted by Gasteiger charge is 2.23. The first-order chi connectivity index (χ1) is 4.20. The number of halogens is 1. The van der Waals surface area contributed by atoms with E-state index >= 15 is 0 Å². The maximum absolute atomic E-state index is 12.5. The monoisotopic (exact) mass is 130 g/mol. The summed E-state index contributed by atoms with van der Waals surface area (Å²) in [6, 6.07) is 0. The van der Waals surface area contributed by atoms with E-state index in [-0.39, 0.29) is 0 Å². The molecule has 0 amide bonds. The standard InChI is InChI=1S/C7H11FO/c1-5-2-3-7(9)6(8)4-5/h6-7,9H,1-4H2. The number of hydrogen-bond donors (Lipinski definition) is 1. The van der Waals surface area contributed by atoms with E-state index in [0.29, 0.717) is 12.8 Å². The van der Waals surface area contributed by atoms with Crippen molar-refractivity contribution < 1.29 is 9.50 Å². The van der Waals surface area contributed by atoms with Crippen LogP contribution in [0.5, 0.6) is 0 Å². The Labute approximate surface area is 54.2 Å². The molecule has 0 aromatic carbocycles. The van der Waals surface area contributed by atoms with Crippen molar-refractivity contribution in [2.75, 3.05) is 0 Å². The van der Waals surface area contributed by atoms with Crippen molar-refractivity contribution in [3.8, 4) is 0 Å². The van der Waals surface area contributed by atoms with E-state index in [0.717, 1.165) is 12.0 Å². The molecule has 0 saturated heterocycles. The van der Waals surface area contributed by atoms with Crippen molar-refractivity contribution >= 4 is 0 Å². The van der Waals surface area contributed by atoms with E-state index in [9.17, 15) is 4.39 Å². The van der Waals surface area contributed by atoms with Crippen LogP contribution < -0.4 is 0 Å². The zero-order valence-electron chi connectivity index (χ0n) is 5.31. The molecule has 1 aliphatic rings. The zero-order chi connectivity index (χ0) is 6.85. The highest BCUT2D eigenvalue weighted by molar-refractivity contribution is 5.02. The second kappa shape index (κ2) is 2.48. The van der Waals surface area contributed by atoms with Gasteiger partial charge in [-0.2, -0.15) is 0 Å². The Morgan fingerprint density at radius 2 is 2.33 bits per heavy atom. The lowest BCUT2D eigenvalue weighted by molar-refractivity contribution is 0.0584. The van der Waals surface area contributed by atoms with E-state index in [1.807, 2.05) is 0 Å². The first-order valence-corrected chi connectivity index (χ1v) is 3.19. The van der Waals surface area contributed by atoms with Gasteiger partial charge in [0.2, 0.25) is 0 Å². The van der Waals surface area contributed by atoms with Crippen LogP contribution in [0.1, 0.15) is 19.3 Å². The van der Waals surface area contributed by atoms with Gasteiger partial charge in [-0.1, -0.05) is 12.2 Å². The minimum absolute atomic E-state index is 0.348. The van der Waals surface area contributed by atoms with Crippen molar-refractivity contribution in [2.24, 2.45) is 0 Å². The molecular weight excluding hydrogens is 119 g/mol. The summed E-state index contributed by atoms with van der Waals surface area (Å²) < 4.78 is 12.5. The molecule has 2 atom stereocenters. The molecule has 0 bridgehead atoms. The fourth-order valence-corrected chi connectivity index (χ4v) is 1.05. The van der Waals surface area contributed by atoms with E-state index in [1.54, 1.807) is 0 Å². The normalized spacial score (nSPS) is 36.9. The first kappa shape index (κ1) is 6.75. The predicted molar refractivity (Wildman–Crippen MR) is 33.9 cm³/mol. The van der Waals surface area contributed by atoms with Gasteiger partial charge in [-0.05, 0) is 12.8 Å². The molecule has 1 saturated carbocycles. The van der Waals surface area contributed by atoms with Crippen LogP contribution in [0.2, 0.25) is 0 Å². The van der Waals surface area contributed by atoms with Gasteiger partial charge in [0.1, 0.15) is 6.17 Å². The lowest BCUT2D eigenvalue weighted by Crippen LogP contribution is -2.26. The molecule has 0 aromatic rings. The summed E-state index contributed by atoms with van der Waals surface area (Å²) in [7, 11) is 0. The molecule has 1 fully saturated rings. The summed E-state index contributed by atoms with van der Waals surface area (Å²) in [5, 5.41) is 8.88. The molecule has 1 rings (SSSR count). The smallest absolute Gasteiger partial charge is 0.130 e. The average molecular weight is 130 g/mol. The van der Waals surface area contributed by atoms with Gasteiger partial charge in [0.05, 0.1) is 6.10 Å². The molecular formula is C7H11FO. The SMILES string of the molecule is C=C1CCC(O)C(F)C1. The van der Waals surface area contributed by atoms with E-state index < -0.39 is 12.3 Å². The van der Waals surface area contributed by atoms with E-state index in [1.165, 1.54) is 0 Å². The molecule has 0 spiro atoms. The fraction of sp³-hybridized carbons (Fsp3) is 0.714. The summed E-state index contributed by atoms with van der Waals surface area (Å²) in [4.78, 5) is 0. The Balaban J connectivity index is 2.44. The maximum atomic E-state index is 12.5. The summed E-state index contributed by atoms with van der Waals surface area (Å²) in [6.45, 7) is 3.65. The van der Waals surface area contributed by atoms with Crippen LogP contribution in [-0.4, -0.2) is 17.4 Å². The van der Waals surface area contributed by atoms with E-state index in [4.69, 9.17) is 5.11 Å². The molecule has 2 unspecified atom stereocenters. The minimum atomic E-state index is -1.06. The summed E-state index contributed by atoms with van der Waals surface area (Å²) in [5.41, 5.74) is 0.924. The second-order valence-corrected chi connectivity index (χ2v) is 2.58. The molecule has 1 N–H and O–H groups in total. The number of hydrogen-bond acceptors (Lipinski definition) is 1. The molecule has 0 aliphatic heterocycles. The van der Waals surface area contributed by atoms with Crippen LogP contribution in [0.4, 0.5) is 4.39 Å². The Hall–Kier alpha value is -0.370. The lowest BCUT2D eigenvalue weighted by atomic mass is 9.92. The predicted octanol–water partition coefficient (Wildman–Crippen LogP) is 1.43. The summed E-state index contributed by atoms with van der Waals surface area (Å²) >= 11 is 0. The van der Waals surface area contributed by atoms with Crippen LogP contribution in [0, 0.1) is 0 Å². The van der Waals surface area contributed by atoms with Crippen LogP contribution >= 0.6 is 0 Å². The van der Waals surface area contributed by atoms with Gasteiger partial charge in [0.15, 0.2) is 0 Å². The quantitative estimate of drug-likeness (QED) is 0.492. The molecule has 0 aromatic heterocycles. The van der Waals surface area contributed by atoms with Crippen LogP contribution in [0.25, 0.3) is 0 Å². The molecule has 9 heavy (non-hydrogen) atoms. The van der Waals surface area contributed by atoms with Gasteiger partial charge in [-0.25, -0.2) is 4.39 Å². The Bertz CT molecular complexity index is 122. The first-order valence-electron chi connectivity index (χ1n) is 3.19. The van der Waals surface area contributed by atoms with Gasteiger partial charge in [-0.15, -0.1) is 0 Å². The van der Waals surface area contributed by atoms with Crippen LogP contribution in [0.3, 0.4) is 0 Å². The van der Waals surface area contributed by atoms with Crippen LogP contribution in [-0.2, 0) is 0 Å². The van der Waals surface area contributed by atoms with Gasteiger partial charge in [-0.3, -0.25) is 0 Å². The van der Waals surface area contributed by atoms with Crippen molar-refractivity contribution in [3.63, 3.8) is 0 Å². The molecule has 2 heteroatoms. The third-order valence-electron chi connectivity index (χ3n) is 1.69. The van der Waals surface area contributed by atoms with E-state index in [2.05, 4.69) is 6.58 Å². The number of allylic oxidation sites excluding steroid dienone is 1. The van der Waals surface area contributed by atoms with Gasteiger partial charge < -0.3 is 5.11 Å². The Kier molecular flexibility index (Phi) is 1.86. The number of aliphatic hydroxyl groups is 1. The highest BCUT2D eigenvalue weighted by Crippen LogP contribution is 2.24. The van der Waals surface area contributed by atoms with Crippen molar-refractivity contribution in [2.45, 2.75) is 31.5 Å². The van der Waals surface area contributed by atoms with Gasteiger partial charge >= 0.3 is 0 Å². The highest BCUT2D eigenvalue weighted by atomic mass is 19.1. The molecule has 0 heterocycles. The maximum Gasteiger partial charge on any atom is 0.130 e. The molecule has 0 radical (unpaired) electrons. The Morgan fingerprint density at radius 1 is 1.67 bits per heavy atom. The average Bonchev–Trinajstić information content (AvgIpc) is 1.80.